The van der Waals surface area contributed by atoms with Gasteiger partial charge in [-0.25, -0.2) is 0 Å². The fraction of sp³-hybridized carbons (Fsp3) is 0.250. The van der Waals surface area contributed by atoms with Gasteiger partial charge in [0, 0.05) is 41.4 Å². The van der Waals surface area contributed by atoms with E-state index in [2.05, 4.69) is 25.5 Å². The van der Waals surface area contributed by atoms with E-state index in [1.54, 1.807) is 19.5 Å². The van der Waals surface area contributed by atoms with Crippen molar-refractivity contribution in [3.8, 4) is 5.75 Å². The first-order valence-electron chi connectivity index (χ1n) is 10.4. The van der Waals surface area contributed by atoms with Gasteiger partial charge in [-0.05, 0) is 48.7 Å². The van der Waals surface area contributed by atoms with Crippen LogP contribution in [0.25, 0.3) is 10.9 Å². The molecule has 0 saturated heterocycles. The number of methoxy groups -OCH3 is 1. The van der Waals surface area contributed by atoms with Crippen molar-refractivity contribution in [1.29, 1.82) is 0 Å². The summed E-state index contributed by atoms with van der Waals surface area (Å²) in [6.45, 7) is 0. The molecule has 7 heteroatoms. The van der Waals surface area contributed by atoms with Crippen molar-refractivity contribution in [1.82, 2.24) is 20.2 Å². The number of carbonyl (C=O) groups excluding carboxylic acids is 1. The molecule has 0 aliphatic heterocycles. The lowest BCUT2D eigenvalue weighted by atomic mass is 9.71. The van der Waals surface area contributed by atoms with Crippen molar-refractivity contribution in [2.75, 3.05) is 12.4 Å². The van der Waals surface area contributed by atoms with Gasteiger partial charge < -0.3 is 10.1 Å². The van der Waals surface area contributed by atoms with Crippen molar-refractivity contribution in [3.05, 3.63) is 77.9 Å². The highest BCUT2D eigenvalue weighted by atomic mass is 16.5. The molecule has 31 heavy (non-hydrogen) atoms. The Morgan fingerprint density at radius 1 is 1.10 bits per heavy atom. The number of amides is 1. The molecule has 1 saturated carbocycles. The normalized spacial score (nSPS) is 17.8. The maximum Gasteiger partial charge on any atom is 0.229 e. The van der Waals surface area contributed by atoms with E-state index in [1.165, 1.54) is 0 Å². The fourth-order valence-corrected chi connectivity index (χ4v) is 4.19. The van der Waals surface area contributed by atoms with Crippen LogP contribution in [0.2, 0.25) is 0 Å². The monoisotopic (exact) mass is 413 g/mol. The zero-order valence-corrected chi connectivity index (χ0v) is 17.2. The molecule has 5 rings (SSSR count). The summed E-state index contributed by atoms with van der Waals surface area (Å²) in [6.07, 6.45) is 5.82. The van der Waals surface area contributed by atoms with E-state index in [0.717, 1.165) is 46.4 Å². The summed E-state index contributed by atoms with van der Waals surface area (Å²) in [6, 6.07) is 15.5. The fourth-order valence-electron chi connectivity index (χ4n) is 4.19. The van der Waals surface area contributed by atoms with Gasteiger partial charge in [0.05, 0.1) is 24.7 Å². The van der Waals surface area contributed by atoms with Gasteiger partial charge in [-0.1, -0.05) is 12.1 Å². The van der Waals surface area contributed by atoms with Crippen molar-refractivity contribution in [3.63, 3.8) is 0 Å². The summed E-state index contributed by atoms with van der Waals surface area (Å²) in [4.78, 5) is 21.3. The van der Waals surface area contributed by atoms with Gasteiger partial charge in [0.15, 0.2) is 5.82 Å². The number of pyridine rings is 2. The number of rotatable bonds is 6. The Morgan fingerprint density at radius 2 is 1.94 bits per heavy atom. The average molecular weight is 413 g/mol. The van der Waals surface area contributed by atoms with Gasteiger partial charge in [0.2, 0.25) is 5.91 Å². The number of aromatic amines is 1. The number of anilines is 1. The van der Waals surface area contributed by atoms with E-state index in [1.807, 2.05) is 48.5 Å². The SMILES string of the molecule is COc1cccnc1C1CC(c2cc(NC(=O)Cc3ccc4ncccc4c3)n[nH]2)C1. The van der Waals surface area contributed by atoms with Crippen LogP contribution >= 0.6 is 0 Å². The number of hydrogen-bond acceptors (Lipinski definition) is 5. The number of H-pyrrole nitrogens is 1. The van der Waals surface area contributed by atoms with Crippen LogP contribution in [0.1, 0.15) is 41.6 Å². The largest absolute Gasteiger partial charge is 0.495 e. The van der Waals surface area contributed by atoms with E-state index in [0.29, 0.717) is 17.7 Å². The summed E-state index contributed by atoms with van der Waals surface area (Å²) < 4.78 is 5.43. The van der Waals surface area contributed by atoms with Crippen LogP contribution in [0.4, 0.5) is 5.82 Å². The minimum Gasteiger partial charge on any atom is -0.495 e. The molecule has 3 heterocycles. The van der Waals surface area contributed by atoms with E-state index >= 15 is 0 Å². The number of hydrogen-bond donors (Lipinski definition) is 2. The smallest absolute Gasteiger partial charge is 0.229 e. The lowest BCUT2D eigenvalue weighted by Crippen LogP contribution is -2.21. The number of ether oxygens (including phenoxy) is 1. The maximum atomic E-state index is 12.5. The Kier molecular flexibility index (Phi) is 5.08. The molecule has 3 aromatic heterocycles. The van der Waals surface area contributed by atoms with Crippen LogP contribution in [0.15, 0.2) is 60.9 Å². The van der Waals surface area contributed by atoms with Crippen LogP contribution in [0, 0.1) is 0 Å². The third-order valence-electron chi connectivity index (χ3n) is 5.88. The van der Waals surface area contributed by atoms with Crippen molar-refractivity contribution >= 4 is 22.6 Å². The highest BCUT2D eigenvalue weighted by molar-refractivity contribution is 5.92. The zero-order valence-electron chi connectivity index (χ0n) is 17.2. The van der Waals surface area contributed by atoms with Gasteiger partial charge in [0.1, 0.15) is 5.75 Å². The van der Waals surface area contributed by atoms with Crippen molar-refractivity contribution < 1.29 is 9.53 Å². The molecule has 4 aromatic rings. The third kappa shape index (κ3) is 3.99. The summed E-state index contributed by atoms with van der Waals surface area (Å²) >= 11 is 0. The molecule has 0 unspecified atom stereocenters. The predicted molar refractivity (Wildman–Crippen MR) is 118 cm³/mol. The first-order valence-corrected chi connectivity index (χ1v) is 10.4. The summed E-state index contributed by atoms with van der Waals surface area (Å²) in [5.74, 6) is 2.06. The molecular formula is C24H23N5O2. The van der Waals surface area contributed by atoms with Gasteiger partial charge in [0.25, 0.3) is 0 Å². The highest BCUT2D eigenvalue weighted by Crippen LogP contribution is 2.48. The minimum absolute atomic E-state index is 0.0917. The van der Waals surface area contributed by atoms with E-state index in [4.69, 9.17) is 4.74 Å². The lowest BCUT2D eigenvalue weighted by Gasteiger charge is -2.34. The number of benzene rings is 1. The molecule has 1 aromatic carbocycles. The summed E-state index contributed by atoms with van der Waals surface area (Å²) in [5, 5.41) is 11.3. The van der Waals surface area contributed by atoms with Crippen molar-refractivity contribution in [2.24, 2.45) is 0 Å². The van der Waals surface area contributed by atoms with Gasteiger partial charge in [-0.2, -0.15) is 5.10 Å². The highest BCUT2D eigenvalue weighted by Gasteiger charge is 2.35. The molecule has 0 radical (unpaired) electrons. The second kappa shape index (κ2) is 8.18. The second-order valence-corrected chi connectivity index (χ2v) is 7.92. The predicted octanol–water partition coefficient (Wildman–Crippen LogP) is 4.20. The number of carbonyl (C=O) groups is 1. The van der Waals surface area contributed by atoms with E-state index < -0.39 is 0 Å². The molecule has 1 fully saturated rings. The molecule has 7 nitrogen and oxygen atoms in total. The molecular weight excluding hydrogens is 390 g/mol. The first-order chi connectivity index (χ1) is 15.2. The number of nitrogens with one attached hydrogen (secondary N) is 2. The molecule has 2 N–H and O–H groups in total. The lowest BCUT2D eigenvalue weighted by molar-refractivity contribution is -0.115. The Labute approximate surface area is 179 Å². The quantitative estimate of drug-likeness (QED) is 0.494. The average Bonchev–Trinajstić information content (AvgIpc) is 3.20. The van der Waals surface area contributed by atoms with E-state index in [-0.39, 0.29) is 12.3 Å². The second-order valence-electron chi connectivity index (χ2n) is 7.92. The Bertz CT molecular complexity index is 1230. The van der Waals surface area contributed by atoms with Crippen LogP contribution < -0.4 is 10.1 Å². The number of aromatic nitrogens is 4. The molecule has 156 valence electrons. The number of fused-ring (bicyclic) bond motifs is 1. The molecule has 0 atom stereocenters. The maximum absolute atomic E-state index is 12.5. The third-order valence-corrected chi connectivity index (χ3v) is 5.88. The molecule has 0 bridgehead atoms. The topological polar surface area (TPSA) is 92.8 Å². The van der Waals surface area contributed by atoms with Crippen LogP contribution in [-0.4, -0.2) is 33.2 Å². The van der Waals surface area contributed by atoms with Crippen LogP contribution in [-0.2, 0) is 11.2 Å². The first kappa shape index (κ1) is 19.2. The molecule has 1 aliphatic rings. The molecule has 1 amide bonds. The van der Waals surface area contributed by atoms with E-state index in [9.17, 15) is 4.79 Å². The molecule has 0 spiro atoms. The van der Waals surface area contributed by atoms with Crippen molar-refractivity contribution in [2.45, 2.75) is 31.1 Å². The molecule has 1 aliphatic carbocycles. The number of nitrogens with zero attached hydrogens (tertiary/aromatic N) is 3. The summed E-state index contributed by atoms with van der Waals surface area (Å²) in [7, 11) is 1.68. The Balaban J connectivity index is 1.19. The van der Waals surface area contributed by atoms with Crippen LogP contribution in [0.3, 0.4) is 0 Å². The van der Waals surface area contributed by atoms with Gasteiger partial charge in [-0.3, -0.25) is 19.9 Å². The Hall–Kier alpha value is -3.74. The summed E-state index contributed by atoms with van der Waals surface area (Å²) in [5.41, 5.74) is 3.92. The van der Waals surface area contributed by atoms with Crippen LogP contribution in [0.5, 0.6) is 5.75 Å². The van der Waals surface area contributed by atoms with Gasteiger partial charge in [-0.15, -0.1) is 0 Å². The van der Waals surface area contributed by atoms with Gasteiger partial charge >= 0.3 is 0 Å². The standard InChI is InChI=1S/C24H23N5O2/c1-31-21-5-3-9-26-24(21)18-12-17(13-18)20-14-22(29-28-20)27-23(30)11-15-6-7-19-16(10-15)4-2-8-25-19/h2-10,14,17-18H,11-13H2,1H3,(H2,27,28,29,30). The zero-order chi connectivity index (χ0) is 21.2. The Morgan fingerprint density at radius 3 is 2.81 bits per heavy atom. The minimum atomic E-state index is -0.0917.